The Morgan fingerprint density at radius 1 is 1.00 bits per heavy atom. The minimum absolute atomic E-state index is 0.0425. The minimum atomic E-state index is -0.931. The average molecular weight is 310 g/mol. The molecule has 2 amide bonds. The van der Waals surface area contributed by atoms with Gasteiger partial charge in [0, 0.05) is 25.4 Å². The molecule has 6 nitrogen and oxygen atoms in total. The Labute approximate surface area is 131 Å². The SMILES string of the molecule is O=C(NCCC(=O)N1CCCCC1C(=O)O)C1CCCCC1. The quantitative estimate of drug-likeness (QED) is 0.806. The lowest BCUT2D eigenvalue weighted by Gasteiger charge is -2.33. The third-order valence-corrected chi connectivity index (χ3v) is 4.72. The van der Waals surface area contributed by atoms with E-state index in [4.69, 9.17) is 0 Å². The molecule has 6 heteroatoms. The number of hydrogen-bond acceptors (Lipinski definition) is 3. The Morgan fingerprint density at radius 2 is 1.68 bits per heavy atom. The number of carboxylic acid groups (broad SMARTS) is 1. The first-order valence-corrected chi connectivity index (χ1v) is 8.39. The molecule has 2 aliphatic rings. The van der Waals surface area contributed by atoms with Gasteiger partial charge in [0.15, 0.2) is 0 Å². The van der Waals surface area contributed by atoms with Gasteiger partial charge in [-0.3, -0.25) is 9.59 Å². The van der Waals surface area contributed by atoms with Gasteiger partial charge in [-0.05, 0) is 32.1 Å². The second kappa shape index (κ2) is 8.15. The molecule has 1 heterocycles. The van der Waals surface area contributed by atoms with E-state index < -0.39 is 12.0 Å². The molecule has 1 aliphatic heterocycles. The molecule has 22 heavy (non-hydrogen) atoms. The van der Waals surface area contributed by atoms with Crippen LogP contribution < -0.4 is 5.32 Å². The Balaban J connectivity index is 1.74. The van der Waals surface area contributed by atoms with E-state index in [-0.39, 0.29) is 24.2 Å². The molecule has 1 aliphatic carbocycles. The van der Waals surface area contributed by atoms with Crippen LogP contribution in [-0.2, 0) is 14.4 Å². The van der Waals surface area contributed by atoms with Crippen LogP contribution in [0.2, 0.25) is 0 Å². The average Bonchev–Trinajstić information content (AvgIpc) is 2.55. The van der Waals surface area contributed by atoms with E-state index in [1.165, 1.54) is 11.3 Å². The first-order chi connectivity index (χ1) is 10.6. The standard InChI is InChI=1S/C16H26N2O4/c19-14(18-11-5-4-8-13(18)16(21)22)9-10-17-15(20)12-6-2-1-3-7-12/h12-13H,1-11H2,(H,17,20)(H,21,22). The zero-order valence-corrected chi connectivity index (χ0v) is 13.1. The summed E-state index contributed by atoms with van der Waals surface area (Å²) in [6.07, 6.45) is 7.69. The number of carboxylic acids is 1. The molecule has 0 radical (unpaired) electrons. The maximum Gasteiger partial charge on any atom is 0.326 e. The molecule has 0 bridgehead atoms. The van der Waals surface area contributed by atoms with Crippen molar-refractivity contribution in [3.05, 3.63) is 0 Å². The molecule has 1 atom stereocenters. The molecule has 0 aromatic heterocycles. The molecule has 0 aromatic carbocycles. The number of amides is 2. The van der Waals surface area contributed by atoms with Crippen molar-refractivity contribution in [3.63, 3.8) is 0 Å². The van der Waals surface area contributed by atoms with E-state index in [2.05, 4.69) is 5.32 Å². The maximum atomic E-state index is 12.2. The Hall–Kier alpha value is -1.59. The molecular weight excluding hydrogens is 284 g/mol. The summed E-state index contributed by atoms with van der Waals surface area (Å²) < 4.78 is 0. The topological polar surface area (TPSA) is 86.7 Å². The lowest BCUT2D eigenvalue weighted by Crippen LogP contribution is -2.48. The molecule has 0 aromatic rings. The first-order valence-electron chi connectivity index (χ1n) is 8.39. The summed E-state index contributed by atoms with van der Waals surface area (Å²) in [7, 11) is 0. The summed E-state index contributed by atoms with van der Waals surface area (Å²) in [4.78, 5) is 36.8. The highest BCUT2D eigenvalue weighted by Gasteiger charge is 2.31. The molecule has 2 rings (SSSR count). The van der Waals surface area contributed by atoms with Crippen LogP contribution in [0.25, 0.3) is 0 Å². The number of rotatable bonds is 5. The van der Waals surface area contributed by atoms with E-state index in [0.29, 0.717) is 19.5 Å². The van der Waals surface area contributed by atoms with Crippen molar-refractivity contribution in [2.75, 3.05) is 13.1 Å². The van der Waals surface area contributed by atoms with Gasteiger partial charge in [0.25, 0.3) is 0 Å². The molecule has 1 saturated heterocycles. The summed E-state index contributed by atoms with van der Waals surface area (Å²) >= 11 is 0. The van der Waals surface area contributed by atoms with Gasteiger partial charge >= 0.3 is 5.97 Å². The lowest BCUT2D eigenvalue weighted by molar-refractivity contribution is -0.152. The van der Waals surface area contributed by atoms with Gasteiger partial charge in [-0.15, -0.1) is 0 Å². The summed E-state index contributed by atoms with van der Waals surface area (Å²) in [6.45, 7) is 0.809. The van der Waals surface area contributed by atoms with Gasteiger partial charge in [0.1, 0.15) is 6.04 Å². The second-order valence-corrected chi connectivity index (χ2v) is 6.31. The molecular formula is C16H26N2O4. The highest BCUT2D eigenvalue weighted by Crippen LogP contribution is 2.23. The van der Waals surface area contributed by atoms with Crippen molar-refractivity contribution >= 4 is 17.8 Å². The van der Waals surface area contributed by atoms with E-state index in [1.54, 1.807) is 0 Å². The van der Waals surface area contributed by atoms with Gasteiger partial charge in [-0.2, -0.15) is 0 Å². The second-order valence-electron chi connectivity index (χ2n) is 6.31. The highest BCUT2D eigenvalue weighted by atomic mass is 16.4. The first kappa shape index (κ1) is 16.8. The highest BCUT2D eigenvalue weighted by molar-refractivity contribution is 5.84. The molecule has 2 fully saturated rings. The smallest absolute Gasteiger partial charge is 0.326 e. The molecule has 0 spiro atoms. The van der Waals surface area contributed by atoms with Crippen molar-refractivity contribution in [1.29, 1.82) is 0 Å². The van der Waals surface area contributed by atoms with Crippen LogP contribution in [0, 0.1) is 5.92 Å². The van der Waals surface area contributed by atoms with E-state index in [9.17, 15) is 19.5 Å². The zero-order chi connectivity index (χ0) is 15.9. The Morgan fingerprint density at radius 3 is 2.36 bits per heavy atom. The number of nitrogens with zero attached hydrogens (tertiary/aromatic N) is 1. The van der Waals surface area contributed by atoms with Crippen LogP contribution in [0.1, 0.15) is 57.8 Å². The van der Waals surface area contributed by atoms with Gasteiger partial charge < -0.3 is 15.3 Å². The van der Waals surface area contributed by atoms with E-state index >= 15 is 0 Å². The third-order valence-electron chi connectivity index (χ3n) is 4.72. The third kappa shape index (κ3) is 4.45. The largest absolute Gasteiger partial charge is 0.480 e. The number of piperidine rings is 1. The maximum absolute atomic E-state index is 12.2. The van der Waals surface area contributed by atoms with Crippen LogP contribution in [0.15, 0.2) is 0 Å². The summed E-state index contributed by atoms with van der Waals surface area (Å²) in [5, 5.41) is 12.0. The van der Waals surface area contributed by atoms with Gasteiger partial charge in [0.2, 0.25) is 11.8 Å². The van der Waals surface area contributed by atoms with Crippen LogP contribution >= 0.6 is 0 Å². The summed E-state index contributed by atoms with van der Waals surface area (Å²) in [6, 6.07) is -0.699. The number of carbonyl (C=O) groups excluding carboxylic acids is 2. The number of nitrogens with one attached hydrogen (secondary N) is 1. The van der Waals surface area contributed by atoms with Crippen molar-refractivity contribution in [2.24, 2.45) is 5.92 Å². The fourth-order valence-electron chi connectivity index (χ4n) is 3.43. The van der Waals surface area contributed by atoms with Gasteiger partial charge in [0.05, 0.1) is 0 Å². The normalized spacial score (nSPS) is 23.1. The summed E-state index contributed by atoms with van der Waals surface area (Å²) in [5.41, 5.74) is 0. The van der Waals surface area contributed by atoms with Crippen molar-refractivity contribution in [3.8, 4) is 0 Å². The summed E-state index contributed by atoms with van der Waals surface area (Å²) in [5.74, 6) is -0.970. The lowest BCUT2D eigenvalue weighted by atomic mass is 9.89. The van der Waals surface area contributed by atoms with E-state index in [0.717, 1.165) is 38.5 Å². The Bertz CT molecular complexity index is 418. The van der Waals surface area contributed by atoms with Gasteiger partial charge in [-0.25, -0.2) is 4.79 Å². The van der Waals surface area contributed by atoms with Gasteiger partial charge in [-0.1, -0.05) is 19.3 Å². The van der Waals surface area contributed by atoms with Crippen LogP contribution in [-0.4, -0.2) is 46.9 Å². The zero-order valence-electron chi connectivity index (χ0n) is 13.1. The predicted molar refractivity (Wildman–Crippen MR) is 81.2 cm³/mol. The number of likely N-dealkylation sites (tertiary alicyclic amines) is 1. The van der Waals surface area contributed by atoms with Crippen molar-refractivity contribution in [1.82, 2.24) is 10.2 Å². The van der Waals surface area contributed by atoms with Crippen LogP contribution in [0.5, 0.6) is 0 Å². The molecule has 1 unspecified atom stereocenters. The van der Waals surface area contributed by atoms with Crippen LogP contribution in [0.3, 0.4) is 0 Å². The molecule has 1 saturated carbocycles. The van der Waals surface area contributed by atoms with E-state index in [1.807, 2.05) is 0 Å². The monoisotopic (exact) mass is 310 g/mol. The molecule has 124 valence electrons. The van der Waals surface area contributed by atoms with Crippen molar-refractivity contribution in [2.45, 2.75) is 63.8 Å². The fraction of sp³-hybridized carbons (Fsp3) is 0.812. The Kier molecular flexibility index (Phi) is 6.21. The number of hydrogen-bond donors (Lipinski definition) is 2. The molecule has 2 N–H and O–H groups in total. The number of aliphatic carboxylic acids is 1. The fourth-order valence-corrected chi connectivity index (χ4v) is 3.43. The van der Waals surface area contributed by atoms with Crippen molar-refractivity contribution < 1.29 is 19.5 Å². The number of carbonyl (C=O) groups is 3. The van der Waals surface area contributed by atoms with Crippen LogP contribution in [0.4, 0.5) is 0 Å². The predicted octanol–water partition coefficient (Wildman–Crippen LogP) is 1.54. The minimum Gasteiger partial charge on any atom is -0.480 e.